The van der Waals surface area contributed by atoms with Gasteiger partial charge in [0.15, 0.2) is 11.7 Å². The molecule has 1 fully saturated rings. The van der Waals surface area contributed by atoms with E-state index in [-0.39, 0.29) is 17.4 Å². The summed E-state index contributed by atoms with van der Waals surface area (Å²) >= 11 is 0. The fourth-order valence-electron chi connectivity index (χ4n) is 2.79. The molecule has 0 amide bonds. The lowest BCUT2D eigenvalue weighted by Gasteiger charge is -2.19. The first-order valence-corrected chi connectivity index (χ1v) is 7.04. The maximum Gasteiger partial charge on any atom is 0.240 e. The Labute approximate surface area is 133 Å². The standard InChI is InChI=1S/C18H13NO4/c1-12-6-4-2-3-5-7-16(22)18(17(12)23-18)14-10-13(21)8-9-15(14)19-11-20/h2-3,8-10,12,16-17,21-22H,1H3/b3-2-/t12-,16+,17?,18-/m0/s1. The van der Waals surface area contributed by atoms with E-state index in [9.17, 15) is 15.0 Å². The van der Waals surface area contributed by atoms with Crippen molar-refractivity contribution in [2.75, 3.05) is 0 Å². The van der Waals surface area contributed by atoms with Gasteiger partial charge in [0.05, 0.1) is 5.69 Å². The molecule has 1 aromatic rings. The van der Waals surface area contributed by atoms with Crippen LogP contribution in [0.25, 0.3) is 0 Å². The smallest absolute Gasteiger partial charge is 0.240 e. The van der Waals surface area contributed by atoms with Crippen LogP contribution in [0.4, 0.5) is 5.69 Å². The van der Waals surface area contributed by atoms with Crippen LogP contribution in [-0.4, -0.2) is 28.5 Å². The van der Waals surface area contributed by atoms with Crippen LogP contribution in [0, 0.1) is 29.6 Å². The van der Waals surface area contributed by atoms with E-state index in [0.29, 0.717) is 5.56 Å². The van der Waals surface area contributed by atoms with E-state index >= 15 is 0 Å². The van der Waals surface area contributed by atoms with Crippen LogP contribution in [0.3, 0.4) is 0 Å². The molecule has 1 aliphatic heterocycles. The second-order valence-corrected chi connectivity index (χ2v) is 5.34. The molecule has 0 radical (unpaired) electrons. The molecule has 1 saturated heterocycles. The van der Waals surface area contributed by atoms with Gasteiger partial charge in [0, 0.05) is 11.5 Å². The fraction of sp³-hybridized carbons (Fsp3) is 0.278. The third-order valence-electron chi connectivity index (χ3n) is 3.90. The highest BCUT2D eigenvalue weighted by Gasteiger charge is 2.65. The third kappa shape index (κ3) is 2.54. The van der Waals surface area contributed by atoms with Gasteiger partial charge in [-0.3, -0.25) is 0 Å². The first-order valence-electron chi connectivity index (χ1n) is 7.04. The molecule has 1 heterocycles. The number of aromatic hydroxyl groups is 1. The van der Waals surface area contributed by atoms with Crippen molar-refractivity contribution in [2.24, 2.45) is 10.9 Å². The van der Waals surface area contributed by atoms with Crippen molar-refractivity contribution < 1.29 is 19.7 Å². The van der Waals surface area contributed by atoms with Crippen LogP contribution >= 0.6 is 0 Å². The van der Waals surface area contributed by atoms with Crippen molar-refractivity contribution in [1.29, 1.82) is 0 Å². The second kappa shape index (κ2) is 5.76. The molecule has 0 spiro atoms. The molecule has 3 rings (SSSR count). The zero-order valence-corrected chi connectivity index (χ0v) is 12.3. The highest BCUT2D eigenvalue weighted by atomic mass is 16.6. The number of hydrogen-bond donors (Lipinski definition) is 2. The van der Waals surface area contributed by atoms with Gasteiger partial charge in [0.25, 0.3) is 0 Å². The summed E-state index contributed by atoms with van der Waals surface area (Å²) in [4.78, 5) is 14.3. The van der Waals surface area contributed by atoms with E-state index in [0.717, 1.165) is 0 Å². The Kier molecular flexibility index (Phi) is 3.78. The number of hydrogen-bond acceptors (Lipinski definition) is 5. The predicted octanol–water partition coefficient (Wildman–Crippen LogP) is 1.53. The van der Waals surface area contributed by atoms with Crippen LogP contribution in [0.15, 0.2) is 35.3 Å². The predicted molar refractivity (Wildman–Crippen MR) is 82.3 cm³/mol. The van der Waals surface area contributed by atoms with Crippen LogP contribution in [-0.2, 0) is 15.1 Å². The monoisotopic (exact) mass is 307 g/mol. The minimum atomic E-state index is -1.18. The molecule has 114 valence electrons. The number of nitrogens with zero attached hydrogens (tertiary/aromatic N) is 1. The highest BCUT2D eigenvalue weighted by molar-refractivity contribution is 5.60. The molecule has 23 heavy (non-hydrogen) atoms. The van der Waals surface area contributed by atoms with Crippen molar-refractivity contribution >= 4 is 11.8 Å². The number of phenolic OH excluding ortho intramolecular Hbond substituents is 1. The Morgan fingerprint density at radius 2 is 2.04 bits per heavy atom. The largest absolute Gasteiger partial charge is 0.508 e. The molecule has 0 bridgehead atoms. The van der Waals surface area contributed by atoms with E-state index < -0.39 is 17.8 Å². The number of aliphatic hydroxyl groups excluding tert-OH is 1. The summed E-state index contributed by atoms with van der Waals surface area (Å²) in [5, 5.41) is 20.3. The Morgan fingerprint density at radius 3 is 2.78 bits per heavy atom. The molecule has 4 atom stereocenters. The van der Waals surface area contributed by atoms with E-state index in [4.69, 9.17) is 4.74 Å². The number of isocyanates is 1. The number of rotatable bonds is 2. The second-order valence-electron chi connectivity index (χ2n) is 5.34. The van der Waals surface area contributed by atoms with Crippen LogP contribution < -0.4 is 0 Å². The molecule has 5 nitrogen and oxygen atoms in total. The van der Waals surface area contributed by atoms with Crippen LogP contribution in [0.2, 0.25) is 0 Å². The van der Waals surface area contributed by atoms with Crippen molar-refractivity contribution in [3.63, 3.8) is 0 Å². The summed E-state index contributed by atoms with van der Waals surface area (Å²) in [6.07, 6.45) is 3.06. The minimum absolute atomic E-state index is 0.0237. The maximum atomic E-state index is 10.7. The number of epoxide rings is 1. The number of aliphatic hydroxyl groups is 1. The average molecular weight is 307 g/mol. The van der Waals surface area contributed by atoms with Crippen LogP contribution in [0.5, 0.6) is 5.75 Å². The molecule has 5 heteroatoms. The van der Waals surface area contributed by atoms with Gasteiger partial charge >= 0.3 is 0 Å². The highest BCUT2D eigenvalue weighted by Crippen LogP contribution is 2.55. The summed E-state index contributed by atoms with van der Waals surface area (Å²) in [6, 6.07) is 4.29. The summed E-state index contributed by atoms with van der Waals surface area (Å²) in [5.41, 5.74) is -0.513. The van der Waals surface area contributed by atoms with E-state index in [1.165, 1.54) is 24.3 Å². The molecule has 1 unspecified atom stereocenters. The van der Waals surface area contributed by atoms with Gasteiger partial charge in [0.2, 0.25) is 6.08 Å². The first kappa shape index (κ1) is 15.1. The van der Waals surface area contributed by atoms with Gasteiger partial charge in [-0.15, -0.1) is 0 Å². The van der Waals surface area contributed by atoms with Crippen molar-refractivity contribution in [1.82, 2.24) is 0 Å². The van der Waals surface area contributed by atoms with Crippen LogP contribution in [0.1, 0.15) is 12.5 Å². The number of aliphatic imine (C=N–C) groups is 1. The van der Waals surface area contributed by atoms with Gasteiger partial charge in [-0.25, -0.2) is 4.79 Å². The Morgan fingerprint density at radius 1 is 1.30 bits per heavy atom. The molecule has 1 aromatic carbocycles. The van der Waals surface area contributed by atoms with Gasteiger partial charge < -0.3 is 14.9 Å². The van der Waals surface area contributed by atoms with E-state index in [1.807, 2.05) is 6.92 Å². The van der Waals surface area contributed by atoms with Crippen molar-refractivity contribution in [2.45, 2.75) is 24.7 Å². The number of phenols is 1. The van der Waals surface area contributed by atoms with Gasteiger partial charge in [-0.05, 0) is 37.3 Å². The molecule has 0 aromatic heterocycles. The Hall–Kier alpha value is -2.82. The van der Waals surface area contributed by atoms with Gasteiger partial charge in [-0.2, -0.15) is 4.99 Å². The molecule has 2 aliphatic rings. The molecule has 2 N–H and O–H groups in total. The molecular formula is C18H13NO4. The summed E-state index contributed by atoms with van der Waals surface area (Å²) < 4.78 is 5.81. The lowest BCUT2D eigenvalue weighted by molar-refractivity contribution is 0.119. The number of fused-ring (bicyclic) bond motifs is 1. The Balaban J connectivity index is 2.18. The summed E-state index contributed by atoms with van der Waals surface area (Å²) in [7, 11) is 0. The van der Waals surface area contributed by atoms with E-state index in [2.05, 4.69) is 28.7 Å². The molecular weight excluding hydrogens is 294 g/mol. The topological polar surface area (TPSA) is 82.4 Å². The van der Waals surface area contributed by atoms with E-state index in [1.54, 1.807) is 12.2 Å². The fourth-order valence-corrected chi connectivity index (χ4v) is 2.79. The number of ether oxygens (including phenoxy) is 1. The molecule has 0 saturated carbocycles. The number of allylic oxidation sites excluding steroid dienone is 2. The normalized spacial score (nSPS) is 32.0. The minimum Gasteiger partial charge on any atom is -0.508 e. The molecule has 1 aliphatic carbocycles. The SMILES string of the molecule is C[C@H]1C#C/C=C\C#C[C@@H](O)[C@]2(c3cc(O)ccc3N=C=O)OC12. The number of carbonyl (C=O) groups excluding carboxylic acids is 1. The lowest BCUT2D eigenvalue weighted by atomic mass is 9.84. The Bertz CT molecular complexity index is 845. The van der Waals surface area contributed by atoms with Gasteiger partial charge in [0.1, 0.15) is 11.9 Å². The zero-order chi connectivity index (χ0) is 16.4. The summed E-state index contributed by atoms with van der Waals surface area (Å²) in [5.74, 6) is 11.1. The number of benzene rings is 1. The third-order valence-corrected chi connectivity index (χ3v) is 3.90. The maximum absolute atomic E-state index is 10.7. The quantitative estimate of drug-likeness (QED) is 0.376. The first-order chi connectivity index (χ1) is 11.1. The lowest BCUT2D eigenvalue weighted by Crippen LogP contribution is -2.31. The zero-order valence-electron chi connectivity index (χ0n) is 12.3. The van der Waals surface area contributed by atoms with Gasteiger partial charge in [-0.1, -0.05) is 23.7 Å². The average Bonchev–Trinajstić information content (AvgIpc) is 3.29. The van der Waals surface area contributed by atoms with Crippen molar-refractivity contribution in [3.8, 4) is 29.4 Å². The van der Waals surface area contributed by atoms with Crippen molar-refractivity contribution in [3.05, 3.63) is 35.9 Å². The summed E-state index contributed by atoms with van der Waals surface area (Å²) in [6.45, 7) is 1.88.